The van der Waals surface area contributed by atoms with Crippen LogP contribution in [0.5, 0.6) is 0 Å². The highest BCUT2D eigenvalue weighted by molar-refractivity contribution is 6.06. The van der Waals surface area contributed by atoms with Crippen LogP contribution in [0.25, 0.3) is 10.8 Å². The summed E-state index contributed by atoms with van der Waals surface area (Å²) in [4.78, 5) is 24.8. The van der Waals surface area contributed by atoms with Crippen molar-refractivity contribution in [3.8, 4) is 0 Å². The van der Waals surface area contributed by atoms with Crippen LogP contribution in [0.1, 0.15) is 50.4 Å². The molecule has 1 aromatic carbocycles. The molecule has 0 radical (unpaired) electrons. The summed E-state index contributed by atoms with van der Waals surface area (Å²) in [5.41, 5.74) is 0.473. The van der Waals surface area contributed by atoms with Crippen LogP contribution in [0.2, 0.25) is 0 Å². The SMILES string of the molecule is CC(C)CCC[C@@H](C)NC(=O)c1cn(C)c(=O)c2ccccc12. The van der Waals surface area contributed by atoms with Crippen molar-refractivity contribution in [1.82, 2.24) is 9.88 Å². The number of nitrogens with one attached hydrogen (secondary N) is 1. The number of carbonyl (C=O) groups excluding carboxylic acids is 1. The van der Waals surface area contributed by atoms with Crippen molar-refractivity contribution < 1.29 is 4.79 Å². The van der Waals surface area contributed by atoms with Gasteiger partial charge in [-0.3, -0.25) is 9.59 Å². The van der Waals surface area contributed by atoms with Crippen LogP contribution < -0.4 is 10.9 Å². The van der Waals surface area contributed by atoms with Gasteiger partial charge in [-0.25, -0.2) is 0 Å². The normalized spacial score (nSPS) is 12.6. The molecule has 23 heavy (non-hydrogen) atoms. The van der Waals surface area contributed by atoms with E-state index in [-0.39, 0.29) is 17.5 Å². The van der Waals surface area contributed by atoms with Crippen LogP contribution in [-0.2, 0) is 7.05 Å². The van der Waals surface area contributed by atoms with Gasteiger partial charge in [0.05, 0.1) is 5.56 Å². The summed E-state index contributed by atoms with van der Waals surface area (Å²) in [6.45, 7) is 6.45. The molecule has 1 atom stereocenters. The van der Waals surface area contributed by atoms with E-state index in [9.17, 15) is 9.59 Å². The van der Waals surface area contributed by atoms with E-state index in [1.165, 1.54) is 11.0 Å². The van der Waals surface area contributed by atoms with Gasteiger partial charge >= 0.3 is 0 Å². The first kappa shape index (κ1) is 17.3. The Hall–Kier alpha value is -2.10. The van der Waals surface area contributed by atoms with Crippen LogP contribution in [0.4, 0.5) is 0 Å². The number of aryl methyl sites for hydroxylation is 1. The van der Waals surface area contributed by atoms with Crippen molar-refractivity contribution in [2.24, 2.45) is 13.0 Å². The fourth-order valence-corrected chi connectivity index (χ4v) is 2.80. The monoisotopic (exact) mass is 314 g/mol. The summed E-state index contributed by atoms with van der Waals surface area (Å²) in [5, 5.41) is 4.34. The highest BCUT2D eigenvalue weighted by Crippen LogP contribution is 2.16. The molecule has 0 bridgehead atoms. The minimum absolute atomic E-state index is 0.0814. The van der Waals surface area contributed by atoms with Gasteiger partial charge in [0.1, 0.15) is 0 Å². The Balaban J connectivity index is 2.18. The number of hydrogen-bond donors (Lipinski definition) is 1. The topological polar surface area (TPSA) is 51.1 Å². The predicted octanol–water partition coefficient (Wildman–Crippen LogP) is 3.48. The van der Waals surface area contributed by atoms with Crippen LogP contribution in [0, 0.1) is 5.92 Å². The van der Waals surface area contributed by atoms with Crippen LogP contribution in [0.15, 0.2) is 35.3 Å². The third-order valence-electron chi connectivity index (χ3n) is 4.13. The molecule has 1 heterocycles. The van der Waals surface area contributed by atoms with E-state index in [4.69, 9.17) is 0 Å². The van der Waals surface area contributed by atoms with E-state index in [2.05, 4.69) is 19.2 Å². The average Bonchev–Trinajstić information content (AvgIpc) is 2.50. The summed E-state index contributed by atoms with van der Waals surface area (Å²) in [5.74, 6) is 0.569. The number of aromatic nitrogens is 1. The molecular formula is C19H26N2O2. The van der Waals surface area contributed by atoms with Crippen molar-refractivity contribution in [3.05, 3.63) is 46.4 Å². The molecule has 0 unspecified atom stereocenters. The van der Waals surface area contributed by atoms with Gasteiger partial charge in [-0.15, -0.1) is 0 Å². The Kier molecular flexibility index (Phi) is 5.59. The quantitative estimate of drug-likeness (QED) is 0.887. The molecule has 2 rings (SSSR count). The second kappa shape index (κ2) is 7.44. The maximum absolute atomic E-state index is 12.6. The highest BCUT2D eigenvalue weighted by atomic mass is 16.2. The second-order valence-electron chi connectivity index (χ2n) is 6.70. The summed E-state index contributed by atoms with van der Waals surface area (Å²) < 4.78 is 1.47. The third kappa shape index (κ3) is 4.21. The summed E-state index contributed by atoms with van der Waals surface area (Å²) in [6, 6.07) is 7.39. The Labute approximate surface area is 137 Å². The van der Waals surface area contributed by atoms with Gasteiger partial charge in [-0.05, 0) is 25.3 Å². The van der Waals surface area contributed by atoms with Crippen molar-refractivity contribution in [2.45, 2.75) is 46.1 Å². The minimum Gasteiger partial charge on any atom is -0.350 e. The molecule has 0 aliphatic rings. The van der Waals surface area contributed by atoms with E-state index in [0.717, 1.165) is 12.8 Å². The minimum atomic E-state index is -0.117. The number of nitrogens with zero attached hydrogens (tertiary/aromatic N) is 1. The lowest BCUT2D eigenvalue weighted by atomic mass is 10.0. The number of benzene rings is 1. The molecule has 124 valence electrons. The van der Waals surface area contributed by atoms with Gasteiger partial charge < -0.3 is 9.88 Å². The van der Waals surface area contributed by atoms with Gasteiger partial charge in [-0.1, -0.05) is 44.9 Å². The lowest BCUT2D eigenvalue weighted by Crippen LogP contribution is -2.33. The lowest BCUT2D eigenvalue weighted by Gasteiger charge is -2.16. The number of rotatable bonds is 6. The molecule has 0 aliphatic carbocycles. The largest absolute Gasteiger partial charge is 0.350 e. The van der Waals surface area contributed by atoms with Gasteiger partial charge in [0, 0.05) is 30.1 Å². The number of pyridine rings is 1. The van der Waals surface area contributed by atoms with Gasteiger partial charge in [0.2, 0.25) is 0 Å². The second-order valence-corrected chi connectivity index (χ2v) is 6.70. The van der Waals surface area contributed by atoms with Crippen molar-refractivity contribution in [2.75, 3.05) is 0 Å². The zero-order valence-corrected chi connectivity index (χ0v) is 14.4. The molecular weight excluding hydrogens is 288 g/mol. The smallest absolute Gasteiger partial charge is 0.258 e. The Morgan fingerprint density at radius 1 is 1.13 bits per heavy atom. The van der Waals surface area contributed by atoms with E-state index in [0.29, 0.717) is 22.3 Å². The number of amides is 1. The molecule has 4 nitrogen and oxygen atoms in total. The number of carbonyl (C=O) groups is 1. The molecule has 0 fully saturated rings. The van der Waals surface area contributed by atoms with Gasteiger partial charge in [-0.2, -0.15) is 0 Å². The molecule has 0 aliphatic heterocycles. The molecule has 1 amide bonds. The van der Waals surface area contributed by atoms with Gasteiger partial charge in [0.15, 0.2) is 0 Å². The molecule has 0 saturated heterocycles. The fraction of sp³-hybridized carbons (Fsp3) is 0.474. The zero-order chi connectivity index (χ0) is 17.0. The van der Waals surface area contributed by atoms with Crippen LogP contribution >= 0.6 is 0 Å². The summed E-state index contributed by atoms with van der Waals surface area (Å²) >= 11 is 0. The molecule has 1 aromatic heterocycles. The fourth-order valence-electron chi connectivity index (χ4n) is 2.80. The van der Waals surface area contributed by atoms with Crippen molar-refractivity contribution in [3.63, 3.8) is 0 Å². The van der Waals surface area contributed by atoms with E-state index in [1.54, 1.807) is 19.3 Å². The average molecular weight is 314 g/mol. The first-order valence-corrected chi connectivity index (χ1v) is 8.29. The Morgan fingerprint density at radius 3 is 2.43 bits per heavy atom. The van der Waals surface area contributed by atoms with Crippen molar-refractivity contribution >= 4 is 16.7 Å². The van der Waals surface area contributed by atoms with Gasteiger partial charge in [0.25, 0.3) is 11.5 Å². The molecule has 1 N–H and O–H groups in total. The Bertz CT molecular complexity index is 747. The summed E-state index contributed by atoms with van der Waals surface area (Å²) in [6.07, 6.45) is 4.87. The van der Waals surface area contributed by atoms with Crippen LogP contribution in [0.3, 0.4) is 0 Å². The standard InChI is InChI=1S/C19H26N2O2/c1-13(2)8-7-9-14(3)20-18(22)17-12-21(4)19(23)16-11-6-5-10-15(16)17/h5-6,10-14H,7-9H2,1-4H3,(H,20,22)/t14-/m1/s1. The maximum atomic E-state index is 12.6. The number of fused-ring (bicyclic) bond motifs is 1. The summed E-state index contributed by atoms with van der Waals surface area (Å²) in [7, 11) is 1.68. The third-order valence-corrected chi connectivity index (χ3v) is 4.13. The van der Waals surface area contributed by atoms with E-state index in [1.807, 2.05) is 25.1 Å². The first-order valence-electron chi connectivity index (χ1n) is 8.29. The molecule has 0 saturated carbocycles. The molecule has 0 spiro atoms. The lowest BCUT2D eigenvalue weighted by molar-refractivity contribution is 0.0938. The Morgan fingerprint density at radius 2 is 1.78 bits per heavy atom. The maximum Gasteiger partial charge on any atom is 0.258 e. The van der Waals surface area contributed by atoms with E-state index >= 15 is 0 Å². The highest BCUT2D eigenvalue weighted by Gasteiger charge is 2.15. The first-order chi connectivity index (χ1) is 10.9. The van der Waals surface area contributed by atoms with E-state index < -0.39 is 0 Å². The molecule has 4 heteroatoms. The van der Waals surface area contributed by atoms with Crippen LogP contribution in [-0.4, -0.2) is 16.5 Å². The number of hydrogen-bond acceptors (Lipinski definition) is 2. The molecule has 2 aromatic rings. The predicted molar refractivity (Wildman–Crippen MR) is 94.8 cm³/mol. The zero-order valence-electron chi connectivity index (χ0n) is 14.4. The van der Waals surface area contributed by atoms with Crippen molar-refractivity contribution in [1.29, 1.82) is 0 Å².